The minimum absolute atomic E-state index is 0. The van der Waals surface area contributed by atoms with Crippen LogP contribution in [-0.2, 0) is 21.2 Å². The number of ether oxygens (including phenoxy) is 1. The summed E-state index contributed by atoms with van der Waals surface area (Å²) in [7, 11) is -1.90. The molecule has 10 heteroatoms. The van der Waals surface area contributed by atoms with E-state index in [1.54, 1.807) is 0 Å². The molecule has 31 heavy (non-hydrogen) atoms. The van der Waals surface area contributed by atoms with Gasteiger partial charge in [-0.25, -0.2) is 13.1 Å². The van der Waals surface area contributed by atoms with Crippen LogP contribution < -0.4 is 4.72 Å². The van der Waals surface area contributed by atoms with Gasteiger partial charge >= 0.3 is 0 Å². The van der Waals surface area contributed by atoms with E-state index in [4.69, 9.17) is 16.3 Å². The van der Waals surface area contributed by atoms with Crippen LogP contribution in [0.5, 0.6) is 0 Å². The highest BCUT2D eigenvalue weighted by atomic mass is 35.5. The third kappa shape index (κ3) is 6.63. The summed E-state index contributed by atoms with van der Waals surface area (Å²) in [6, 6.07) is 15.4. The summed E-state index contributed by atoms with van der Waals surface area (Å²) in [4.78, 5) is 2.05. The molecule has 3 N–H and O–H groups in total. The van der Waals surface area contributed by atoms with Gasteiger partial charge in [-0.15, -0.1) is 12.4 Å². The second kappa shape index (κ2) is 11.6. The van der Waals surface area contributed by atoms with Crippen LogP contribution in [0, 0.1) is 0 Å². The minimum atomic E-state index is -3.76. The van der Waals surface area contributed by atoms with Gasteiger partial charge in [-0.05, 0) is 43.3 Å². The number of aliphatic hydroxyl groups is 2. The Morgan fingerprint density at radius 3 is 2.35 bits per heavy atom. The van der Waals surface area contributed by atoms with Gasteiger partial charge in [-0.1, -0.05) is 41.9 Å². The average Bonchev–Trinajstić information content (AvgIpc) is 3.07. The van der Waals surface area contributed by atoms with E-state index in [2.05, 4.69) is 4.72 Å². The second-order valence-corrected chi connectivity index (χ2v) is 9.60. The molecule has 0 bridgehead atoms. The zero-order valence-corrected chi connectivity index (χ0v) is 19.5. The van der Waals surface area contributed by atoms with E-state index in [0.717, 1.165) is 12.0 Å². The highest BCUT2D eigenvalue weighted by Gasteiger charge is 2.45. The fourth-order valence-electron chi connectivity index (χ4n) is 3.68. The van der Waals surface area contributed by atoms with Gasteiger partial charge in [-0.3, -0.25) is 4.90 Å². The van der Waals surface area contributed by atoms with E-state index >= 15 is 0 Å². The number of likely N-dealkylation sites (N-methyl/N-ethyl adjacent to an activating group) is 1. The van der Waals surface area contributed by atoms with Crippen LogP contribution in [0.3, 0.4) is 0 Å². The third-order valence-electron chi connectivity index (χ3n) is 5.34. The number of aliphatic hydroxyl groups excluding tert-OH is 2. The fraction of sp³-hybridized carbons (Fsp3) is 0.429. The number of sulfonamides is 1. The summed E-state index contributed by atoms with van der Waals surface area (Å²) in [5.41, 5.74) is 1.16. The van der Waals surface area contributed by atoms with Crippen LogP contribution in [0.4, 0.5) is 0 Å². The van der Waals surface area contributed by atoms with Gasteiger partial charge in [0.05, 0.1) is 23.6 Å². The van der Waals surface area contributed by atoms with Gasteiger partial charge in [-0.2, -0.15) is 0 Å². The smallest absolute Gasteiger partial charge is 0.240 e. The molecule has 172 valence electrons. The van der Waals surface area contributed by atoms with Crippen molar-refractivity contribution in [2.24, 2.45) is 0 Å². The van der Waals surface area contributed by atoms with E-state index in [1.165, 1.54) is 24.3 Å². The molecule has 2 aromatic rings. The van der Waals surface area contributed by atoms with Gasteiger partial charge in [0.1, 0.15) is 12.2 Å². The van der Waals surface area contributed by atoms with Crippen molar-refractivity contribution in [3.05, 3.63) is 65.2 Å². The molecule has 7 nitrogen and oxygen atoms in total. The number of benzene rings is 2. The molecule has 2 aromatic carbocycles. The Hall–Kier alpha value is -1.23. The molecule has 0 amide bonds. The van der Waals surface area contributed by atoms with Crippen molar-refractivity contribution in [1.82, 2.24) is 9.62 Å². The van der Waals surface area contributed by atoms with E-state index < -0.39 is 34.4 Å². The van der Waals surface area contributed by atoms with Gasteiger partial charge in [0.15, 0.2) is 0 Å². The molecular formula is C21H28Cl2N2O5S. The lowest BCUT2D eigenvalue weighted by Crippen LogP contribution is -2.50. The summed E-state index contributed by atoms with van der Waals surface area (Å²) in [6.45, 7) is 0.275. The fourth-order valence-corrected chi connectivity index (χ4v) is 4.85. The number of nitrogens with one attached hydrogen (secondary N) is 1. The summed E-state index contributed by atoms with van der Waals surface area (Å²) < 4.78 is 33.5. The number of hydrogen-bond acceptors (Lipinski definition) is 6. The molecule has 1 fully saturated rings. The Kier molecular flexibility index (Phi) is 9.72. The summed E-state index contributed by atoms with van der Waals surface area (Å²) >= 11 is 5.83. The predicted octanol–water partition coefficient (Wildman–Crippen LogP) is 1.70. The Labute approximate surface area is 194 Å². The SMILES string of the molecule is CN(CCc1ccccc1)[C@@H]1[C@H](O)[C@H](CO)O[C@@H]1CNS(=O)(=O)c1ccc(Cl)cc1.Cl. The van der Waals surface area contributed by atoms with Gasteiger partial charge < -0.3 is 14.9 Å². The maximum Gasteiger partial charge on any atom is 0.240 e. The average molecular weight is 491 g/mol. The largest absolute Gasteiger partial charge is 0.394 e. The highest BCUT2D eigenvalue weighted by molar-refractivity contribution is 7.89. The second-order valence-electron chi connectivity index (χ2n) is 7.40. The molecular weight excluding hydrogens is 463 g/mol. The lowest BCUT2D eigenvalue weighted by Gasteiger charge is -2.30. The zero-order chi connectivity index (χ0) is 21.7. The van der Waals surface area contributed by atoms with Crippen LogP contribution in [0.1, 0.15) is 5.56 Å². The molecule has 1 aliphatic rings. The Bertz CT molecular complexity index is 915. The number of rotatable bonds is 9. The molecule has 1 saturated heterocycles. The first-order chi connectivity index (χ1) is 14.3. The van der Waals surface area contributed by atoms with E-state index in [-0.39, 0.29) is 30.5 Å². The zero-order valence-electron chi connectivity index (χ0n) is 17.1. The van der Waals surface area contributed by atoms with Crippen molar-refractivity contribution < 1.29 is 23.4 Å². The summed E-state index contributed by atoms with van der Waals surface area (Å²) in [5, 5.41) is 20.6. The van der Waals surface area contributed by atoms with Crippen LogP contribution in [-0.4, -0.2) is 74.6 Å². The Balaban J connectivity index is 0.00000341. The molecule has 0 aromatic heterocycles. The van der Waals surface area contributed by atoms with E-state index in [9.17, 15) is 18.6 Å². The van der Waals surface area contributed by atoms with Crippen molar-refractivity contribution in [2.75, 3.05) is 26.7 Å². The van der Waals surface area contributed by atoms with Crippen molar-refractivity contribution in [3.63, 3.8) is 0 Å². The lowest BCUT2D eigenvalue weighted by atomic mass is 10.0. The molecule has 0 saturated carbocycles. The standard InChI is InChI=1S/C21H27ClN2O5S.ClH/c1-24(12-11-15-5-3-2-4-6-15)20-18(29-19(14-25)21(20)26)13-23-30(27,28)17-9-7-16(22)8-10-17;/h2-10,18-21,23,25-26H,11-14H2,1H3;1H/t18-,19+,20+,21-;/m1./s1. The number of nitrogens with zero attached hydrogens (tertiary/aromatic N) is 1. The predicted molar refractivity (Wildman–Crippen MR) is 122 cm³/mol. The Morgan fingerprint density at radius 2 is 1.74 bits per heavy atom. The molecule has 3 rings (SSSR count). The monoisotopic (exact) mass is 490 g/mol. The van der Waals surface area contributed by atoms with Crippen LogP contribution in [0.15, 0.2) is 59.5 Å². The molecule has 0 spiro atoms. The first-order valence-electron chi connectivity index (χ1n) is 9.75. The van der Waals surface area contributed by atoms with E-state index in [0.29, 0.717) is 11.6 Å². The maximum atomic E-state index is 12.6. The van der Waals surface area contributed by atoms with E-state index in [1.807, 2.05) is 42.3 Å². The normalized spacial score (nSPS) is 23.6. The van der Waals surface area contributed by atoms with Gasteiger partial charge in [0.2, 0.25) is 10.0 Å². The first kappa shape index (κ1) is 26.0. The van der Waals surface area contributed by atoms with Gasteiger partial charge in [0.25, 0.3) is 0 Å². The van der Waals surface area contributed by atoms with Crippen molar-refractivity contribution in [3.8, 4) is 0 Å². The van der Waals surface area contributed by atoms with Crippen LogP contribution >= 0.6 is 24.0 Å². The van der Waals surface area contributed by atoms with Gasteiger partial charge in [0, 0.05) is 18.1 Å². The van der Waals surface area contributed by atoms with Crippen LogP contribution in [0.2, 0.25) is 5.02 Å². The maximum absolute atomic E-state index is 12.6. The number of hydrogen-bond donors (Lipinski definition) is 3. The Morgan fingerprint density at radius 1 is 1.10 bits per heavy atom. The summed E-state index contributed by atoms with van der Waals surface area (Å²) in [5.74, 6) is 0. The minimum Gasteiger partial charge on any atom is -0.394 e. The molecule has 0 unspecified atom stereocenters. The molecule has 4 atom stereocenters. The van der Waals surface area contributed by atoms with Crippen LogP contribution in [0.25, 0.3) is 0 Å². The summed E-state index contributed by atoms with van der Waals surface area (Å²) in [6.07, 6.45) is -1.53. The van der Waals surface area contributed by atoms with Crippen molar-refractivity contribution in [2.45, 2.75) is 35.7 Å². The van der Waals surface area contributed by atoms with Crippen molar-refractivity contribution >= 4 is 34.0 Å². The van der Waals surface area contributed by atoms with Crippen molar-refractivity contribution in [1.29, 1.82) is 0 Å². The molecule has 0 aliphatic carbocycles. The lowest BCUT2D eigenvalue weighted by molar-refractivity contribution is -0.0201. The first-order valence-corrected chi connectivity index (χ1v) is 11.6. The molecule has 0 radical (unpaired) electrons. The third-order valence-corrected chi connectivity index (χ3v) is 7.04. The quantitative estimate of drug-likeness (QED) is 0.494. The highest BCUT2D eigenvalue weighted by Crippen LogP contribution is 2.25. The number of halogens is 2. The topological polar surface area (TPSA) is 99.1 Å². The molecule has 1 heterocycles. The molecule has 1 aliphatic heterocycles.